The van der Waals surface area contributed by atoms with Crippen LogP contribution in [0.1, 0.15) is 22.8 Å². The van der Waals surface area contributed by atoms with Crippen molar-refractivity contribution >= 4 is 33.1 Å². The highest BCUT2D eigenvalue weighted by Gasteiger charge is 2.15. The van der Waals surface area contributed by atoms with Crippen molar-refractivity contribution in [1.82, 2.24) is 0 Å². The first-order valence-corrected chi connectivity index (χ1v) is 6.87. The van der Waals surface area contributed by atoms with Gasteiger partial charge in [-0.2, -0.15) is 5.26 Å². The molecular weight excluding hydrogens is 316 g/mol. The van der Waals surface area contributed by atoms with Crippen molar-refractivity contribution in [3.63, 3.8) is 0 Å². The lowest BCUT2D eigenvalue weighted by atomic mass is 10.1. The summed E-state index contributed by atoms with van der Waals surface area (Å²) in [5, 5.41) is 9.19. The highest BCUT2D eigenvalue weighted by Crippen LogP contribution is 2.31. The fourth-order valence-electron chi connectivity index (χ4n) is 2.07. The number of rotatable bonds is 3. The smallest absolute Gasteiger partial charge is 0.161 e. The Morgan fingerprint density at radius 2 is 1.90 bits per heavy atom. The topological polar surface area (TPSA) is 44.1 Å². The molecule has 2 rings (SSSR count). The Hall–Kier alpha value is -2.12. The molecule has 2 aromatic carbocycles. The summed E-state index contributed by atoms with van der Waals surface area (Å²) >= 11 is 3.42. The lowest BCUT2D eigenvalue weighted by Gasteiger charge is -2.23. The normalized spacial score (nSPS) is 9.90. The molecule has 0 aliphatic carbocycles. The van der Waals surface area contributed by atoms with Gasteiger partial charge in [-0.05, 0) is 37.3 Å². The number of benzene rings is 2. The number of hydrogen-bond acceptors (Lipinski definition) is 3. The predicted molar refractivity (Wildman–Crippen MR) is 83.4 cm³/mol. The fourth-order valence-corrected chi connectivity index (χ4v) is 2.42. The van der Waals surface area contributed by atoms with Crippen LogP contribution < -0.4 is 4.90 Å². The minimum absolute atomic E-state index is 0.00575. The van der Waals surface area contributed by atoms with Gasteiger partial charge in [0.25, 0.3) is 0 Å². The Morgan fingerprint density at radius 1 is 1.20 bits per heavy atom. The van der Waals surface area contributed by atoms with Crippen LogP contribution in [0.3, 0.4) is 0 Å². The molecule has 0 bridgehead atoms. The zero-order chi connectivity index (χ0) is 14.7. The standard InChI is InChI=1S/C16H13BrN2O/c1-11(20)14-8-7-13(17)9-16(14)19(2)15-6-4-3-5-12(15)10-18/h3-9H,1-2H3. The Labute approximate surface area is 126 Å². The van der Waals surface area contributed by atoms with Crippen molar-refractivity contribution in [2.75, 3.05) is 11.9 Å². The molecule has 0 N–H and O–H groups in total. The van der Waals surface area contributed by atoms with Crippen LogP contribution in [0.25, 0.3) is 0 Å². The van der Waals surface area contributed by atoms with Gasteiger partial charge in [-0.3, -0.25) is 4.79 Å². The average Bonchev–Trinajstić information content (AvgIpc) is 2.46. The van der Waals surface area contributed by atoms with Gasteiger partial charge in [-0.15, -0.1) is 0 Å². The first-order valence-electron chi connectivity index (χ1n) is 6.08. The molecule has 0 spiro atoms. The quantitative estimate of drug-likeness (QED) is 0.789. The maximum Gasteiger partial charge on any atom is 0.161 e. The molecule has 0 aliphatic rings. The Bertz CT molecular complexity index is 704. The van der Waals surface area contributed by atoms with Gasteiger partial charge < -0.3 is 4.90 Å². The number of halogens is 1. The van der Waals surface area contributed by atoms with E-state index in [1.54, 1.807) is 12.1 Å². The van der Waals surface area contributed by atoms with Crippen molar-refractivity contribution in [2.45, 2.75) is 6.92 Å². The maximum atomic E-state index is 11.8. The number of carbonyl (C=O) groups is 1. The molecule has 3 nitrogen and oxygen atoms in total. The molecule has 4 heteroatoms. The summed E-state index contributed by atoms with van der Waals surface area (Å²) in [6.07, 6.45) is 0. The van der Waals surface area contributed by atoms with Crippen LogP contribution in [0.2, 0.25) is 0 Å². The molecule has 0 heterocycles. The summed E-state index contributed by atoms with van der Waals surface area (Å²) in [7, 11) is 1.85. The fraction of sp³-hybridized carbons (Fsp3) is 0.125. The van der Waals surface area contributed by atoms with Crippen molar-refractivity contribution < 1.29 is 4.79 Å². The number of nitriles is 1. The summed E-state index contributed by atoms with van der Waals surface area (Å²) in [6, 6.07) is 15.0. The lowest BCUT2D eigenvalue weighted by molar-refractivity contribution is 0.101. The van der Waals surface area contributed by atoms with E-state index in [0.29, 0.717) is 11.1 Å². The predicted octanol–water partition coefficient (Wildman–Crippen LogP) is 4.29. The van der Waals surface area contributed by atoms with E-state index in [1.165, 1.54) is 6.92 Å². The number of hydrogen-bond donors (Lipinski definition) is 0. The molecule has 0 atom stereocenters. The first-order chi connectivity index (χ1) is 9.54. The summed E-state index contributed by atoms with van der Waals surface area (Å²) in [5.41, 5.74) is 2.75. The van der Waals surface area contributed by atoms with Crippen molar-refractivity contribution in [1.29, 1.82) is 5.26 Å². The van der Waals surface area contributed by atoms with Crippen molar-refractivity contribution in [3.05, 3.63) is 58.1 Å². The molecule has 0 unspecified atom stereocenters. The molecule has 2 aromatic rings. The average molecular weight is 329 g/mol. The molecule has 0 saturated heterocycles. The van der Waals surface area contributed by atoms with Crippen molar-refractivity contribution in [2.24, 2.45) is 0 Å². The third kappa shape index (κ3) is 2.73. The van der Waals surface area contributed by atoms with Gasteiger partial charge in [-0.1, -0.05) is 28.1 Å². The summed E-state index contributed by atoms with van der Waals surface area (Å²) in [4.78, 5) is 13.6. The van der Waals surface area contributed by atoms with Crippen LogP contribution in [-0.2, 0) is 0 Å². The lowest BCUT2D eigenvalue weighted by Crippen LogP contribution is -2.14. The van der Waals surface area contributed by atoms with Gasteiger partial charge in [0.05, 0.1) is 16.9 Å². The number of para-hydroxylation sites is 1. The minimum Gasteiger partial charge on any atom is -0.343 e. The highest BCUT2D eigenvalue weighted by molar-refractivity contribution is 9.10. The third-order valence-corrected chi connectivity index (χ3v) is 3.58. The second-order valence-corrected chi connectivity index (χ2v) is 5.32. The molecule has 0 radical (unpaired) electrons. The highest BCUT2D eigenvalue weighted by atomic mass is 79.9. The van der Waals surface area contributed by atoms with Gasteiger partial charge >= 0.3 is 0 Å². The first kappa shape index (κ1) is 14.3. The monoisotopic (exact) mass is 328 g/mol. The van der Waals surface area contributed by atoms with E-state index >= 15 is 0 Å². The number of nitrogens with zero attached hydrogens (tertiary/aromatic N) is 2. The minimum atomic E-state index is -0.00575. The summed E-state index contributed by atoms with van der Waals surface area (Å²) in [6.45, 7) is 1.54. The number of Topliss-reactive ketones (excluding diaryl/α,β-unsaturated/α-hetero) is 1. The van der Waals surface area contributed by atoms with E-state index in [1.807, 2.05) is 42.3 Å². The Morgan fingerprint density at radius 3 is 2.55 bits per heavy atom. The van der Waals surface area contributed by atoms with E-state index in [9.17, 15) is 10.1 Å². The van der Waals surface area contributed by atoms with E-state index in [-0.39, 0.29) is 5.78 Å². The molecule has 0 aromatic heterocycles. The summed E-state index contributed by atoms with van der Waals surface area (Å²) in [5.74, 6) is -0.00575. The van der Waals surface area contributed by atoms with E-state index in [4.69, 9.17) is 0 Å². The van der Waals surface area contributed by atoms with E-state index in [0.717, 1.165) is 15.8 Å². The molecule has 0 amide bonds. The van der Waals surface area contributed by atoms with Gasteiger partial charge in [-0.25, -0.2) is 0 Å². The molecule has 0 saturated carbocycles. The van der Waals surface area contributed by atoms with Crippen LogP contribution in [0.5, 0.6) is 0 Å². The molecule has 0 aliphatic heterocycles. The zero-order valence-electron chi connectivity index (χ0n) is 11.2. The Kier molecular flexibility index (Phi) is 4.21. The largest absolute Gasteiger partial charge is 0.343 e. The van der Waals surface area contributed by atoms with Gasteiger partial charge in [0.2, 0.25) is 0 Å². The van der Waals surface area contributed by atoms with Gasteiger partial charge in [0.15, 0.2) is 5.78 Å². The van der Waals surface area contributed by atoms with Crippen LogP contribution in [0.15, 0.2) is 46.9 Å². The summed E-state index contributed by atoms with van der Waals surface area (Å²) < 4.78 is 0.888. The molecule has 100 valence electrons. The third-order valence-electron chi connectivity index (χ3n) is 3.09. The second kappa shape index (κ2) is 5.89. The number of anilines is 2. The van der Waals surface area contributed by atoms with Crippen LogP contribution in [0, 0.1) is 11.3 Å². The number of carbonyl (C=O) groups excluding carboxylic acids is 1. The van der Waals surface area contributed by atoms with E-state index in [2.05, 4.69) is 22.0 Å². The molecule has 0 fully saturated rings. The molecule has 20 heavy (non-hydrogen) atoms. The second-order valence-electron chi connectivity index (χ2n) is 4.41. The molecular formula is C16H13BrN2O. The van der Waals surface area contributed by atoms with Gasteiger partial charge in [0.1, 0.15) is 6.07 Å². The van der Waals surface area contributed by atoms with Crippen LogP contribution >= 0.6 is 15.9 Å². The SMILES string of the molecule is CC(=O)c1ccc(Br)cc1N(C)c1ccccc1C#N. The maximum absolute atomic E-state index is 11.8. The van der Waals surface area contributed by atoms with Crippen LogP contribution in [-0.4, -0.2) is 12.8 Å². The van der Waals surface area contributed by atoms with Crippen molar-refractivity contribution in [3.8, 4) is 6.07 Å². The van der Waals surface area contributed by atoms with E-state index < -0.39 is 0 Å². The van der Waals surface area contributed by atoms with Gasteiger partial charge in [0, 0.05) is 17.1 Å². The zero-order valence-corrected chi connectivity index (χ0v) is 12.8. The Balaban J connectivity index is 2.59. The van der Waals surface area contributed by atoms with Crippen LogP contribution in [0.4, 0.5) is 11.4 Å². The number of ketones is 1.